The van der Waals surface area contributed by atoms with Gasteiger partial charge < -0.3 is 10.6 Å². The highest BCUT2D eigenvalue weighted by atomic mass is 79.9. The second-order valence-corrected chi connectivity index (χ2v) is 6.44. The van der Waals surface area contributed by atoms with Crippen LogP contribution >= 0.6 is 31.9 Å². The molecule has 0 aromatic heterocycles. The molecule has 1 atom stereocenters. The van der Waals surface area contributed by atoms with Gasteiger partial charge in [0.15, 0.2) is 0 Å². The highest BCUT2D eigenvalue weighted by Gasteiger charge is 2.32. The SMILES string of the molecule is Cc1cc(NC2C(=O)Nc3cccc(Br)c32)ccc1Br. The fourth-order valence-electron chi connectivity index (χ4n) is 2.31. The summed E-state index contributed by atoms with van der Waals surface area (Å²) in [6, 6.07) is 11.3. The van der Waals surface area contributed by atoms with Crippen molar-refractivity contribution in [1.82, 2.24) is 0 Å². The Kier molecular flexibility index (Phi) is 3.56. The first kappa shape index (κ1) is 13.6. The maximum Gasteiger partial charge on any atom is 0.251 e. The van der Waals surface area contributed by atoms with Crippen LogP contribution in [0, 0.1) is 6.92 Å². The monoisotopic (exact) mass is 394 g/mol. The van der Waals surface area contributed by atoms with Crippen LogP contribution in [0.15, 0.2) is 45.3 Å². The van der Waals surface area contributed by atoms with Crippen molar-refractivity contribution in [3.8, 4) is 0 Å². The van der Waals surface area contributed by atoms with E-state index >= 15 is 0 Å². The lowest BCUT2D eigenvalue weighted by molar-refractivity contribution is -0.116. The zero-order valence-electron chi connectivity index (χ0n) is 10.7. The van der Waals surface area contributed by atoms with E-state index in [-0.39, 0.29) is 11.9 Å². The van der Waals surface area contributed by atoms with Gasteiger partial charge >= 0.3 is 0 Å². The molecule has 2 aromatic rings. The molecule has 2 aromatic carbocycles. The number of nitrogens with one attached hydrogen (secondary N) is 2. The number of rotatable bonds is 2. The van der Waals surface area contributed by atoms with Crippen LogP contribution in [0.25, 0.3) is 0 Å². The average molecular weight is 396 g/mol. The molecule has 0 aliphatic carbocycles. The van der Waals surface area contributed by atoms with E-state index in [4.69, 9.17) is 0 Å². The number of halogens is 2. The molecule has 0 radical (unpaired) electrons. The summed E-state index contributed by atoms with van der Waals surface area (Å²) >= 11 is 6.99. The van der Waals surface area contributed by atoms with E-state index in [1.54, 1.807) is 0 Å². The quantitative estimate of drug-likeness (QED) is 0.778. The molecule has 1 aliphatic heterocycles. The van der Waals surface area contributed by atoms with Crippen LogP contribution < -0.4 is 10.6 Å². The third-order valence-electron chi connectivity index (χ3n) is 3.33. The molecule has 0 bridgehead atoms. The lowest BCUT2D eigenvalue weighted by Gasteiger charge is -2.15. The number of aryl methyl sites for hydroxylation is 1. The Morgan fingerprint density at radius 2 is 1.95 bits per heavy atom. The van der Waals surface area contributed by atoms with Crippen LogP contribution in [0.1, 0.15) is 17.2 Å². The average Bonchev–Trinajstić information content (AvgIpc) is 2.72. The van der Waals surface area contributed by atoms with E-state index in [0.717, 1.165) is 31.4 Å². The van der Waals surface area contributed by atoms with E-state index in [1.807, 2.05) is 43.3 Å². The van der Waals surface area contributed by atoms with Gasteiger partial charge in [0.05, 0.1) is 0 Å². The predicted molar refractivity (Wildman–Crippen MR) is 88.0 cm³/mol. The van der Waals surface area contributed by atoms with Gasteiger partial charge in [-0.1, -0.05) is 37.9 Å². The second-order valence-electron chi connectivity index (χ2n) is 4.73. The van der Waals surface area contributed by atoms with Crippen molar-refractivity contribution in [3.05, 3.63) is 56.5 Å². The van der Waals surface area contributed by atoms with Crippen molar-refractivity contribution >= 4 is 49.1 Å². The van der Waals surface area contributed by atoms with E-state index < -0.39 is 0 Å². The fraction of sp³-hybridized carbons (Fsp3) is 0.133. The minimum atomic E-state index is -0.374. The largest absolute Gasteiger partial charge is 0.370 e. The Morgan fingerprint density at radius 1 is 1.15 bits per heavy atom. The minimum absolute atomic E-state index is 0.0347. The van der Waals surface area contributed by atoms with Crippen molar-refractivity contribution in [2.45, 2.75) is 13.0 Å². The van der Waals surface area contributed by atoms with Crippen LogP contribution in [-0.4, -0.2) is 5.91 Å². The molecule has 3 rings (SSSR count). The number of fused-ring (bicyclic) bond motifs is 1. The highest BCUT2D eigenvalue weighted by Crippen LogP contribution is 2.38. The molecule has 1 unspecified atom stereocenters. The molecule has 0 fully saturated rings. The summed E-state index contributed by atoms with van der Waals surface area (Å²) < 4.78 is 1.99. The number of anilines is 2. The number of hydrogen-bond donors (Lipinski definition) is 2. The van der Waals surface area contributed by atoms with Crippen molar-refractivity contribution in [2.75, 3.05) is 10.6 Å². The number of benzene rings is 2. The van der Waals surface area contributed by atoms with Crippen LogP contribution in [0.3, 0.4) is 0 Å². The molecule has 0 spiro atoms. The van der Waals surface area contributed by atoms with Crippen LogP contribution in [-0.2, 0) is 4.79 Å². The molecule has 2 N–H and O–H groups in total. The topological polar surface area (TPSA) is 41.1 Å². The number of carbonyl (C=O) groups is 1. The molecule has 20 heavy (non-hydrogen) atoms. The maximum atomic E-state index is 12.1. The van der Waals surface area contributed by atoms with Gasteiger partial charge in [-0.25, -0.2) is 0 Å². The zero-order valence-corrected chi connectivity index (χ0v) is 13.9. The molecule has 102 valence electrons. The summed E-state index contributed by atoms with van der Waals surface area (Å²) in [5.41, 5.74) is 3.86. The van der Waals surface area contributed by atoms with Gasteiger partial charge in [-0.05, 0) is 42.8 Å². The molecule has 0 saturated heterocycles. The highest BCUT2D eigenvalue weighted by molar-refractivity contribution is 9.10. The number of carbonyl (C=O) groups excluding carboxylic acids is 1. The smallest absolute Gasteiger partial charge is 0.251 e. The Hall–Kier alpha value is -1.33. The van der Waals surface area contributed by atoms with Gasteiger partial charge in [-0.15, -0.1) is 0 Å². The summed E-state index contributed by atoms with van der Waals surface area (Å²) in [5, 5.41) is 6.19. The Morgan fingerprint density at radius 3 is 2.70 bits per heavy atom. The van der Waals surface area contributed by atoms with Crippen molar-refractivity contribution < 1.29 is 4.79 Å². The summed E-state index contributed by atoms with van der Waals surface area (Å²) in [6.45, 7) is 2.02. The standard InChI is InChI=1S/C15H12Br2N2O/c1-8-7-9(5-6-10(8)16)18-14-13-11(17)3-2-4-12(13)19-15(14)20/h2-7,14,18H,1H3,(H,19,20). The van der Waals surface area contributed by atoms with Gasteiger partial charge in [-0.3, -0.25) is 4.79 Å². The fourth-order valence-corrected chi connectivity index (χ4v) is 3.16. The van der Waals surface area contributed by atoms with E-state index in [9.17, 15) is 4.79 Å². The minimum Gasteiger partial charge on any atom is -0.370 e. The van der Waals surface area contributed by atoms with E-state index in [0.29, 0.717) is 0 Å². The predicted octanol–water partition coefficient (Wildman–Crippen LogP) is 4.63. The Bertz CT molecular complexity index is 700. The molecular weight excluding hydrogens is 384 g/mol. The number of hydrogen-bond acceptors (Lipinski definition) is 2. The molecule has 1 heterocycles. The normalized spacial score (nSPS) is 16.8. The molecule has 0 saturated carbocycles. The third-order valence-corrected chi connectivity index (χ3v) is 4.91. The molecule has 1 aliphatic rings. The van der Waals surface area contributed by atoms with E-state index in [2.05, 4.69) is 42.5 Å². The zero-order chi connectivity index (χ0) is 14.3. The molecular formula is C15H12Br2N2O. The number of amides is 1. The van der Waals surface area contributed by atoms with Gasteiger partial charge in [0.2, 0.25) is 0 Å². The van der Waals surface area contributed by atoms with Crippen LogP contribution in [0.4, 0.5) is 11.4 Å². The molecule has 1 amide bonds. The molecule has 5 heteroatoms. The van der Waals surface area contributed by atoms with Gasteiger partial charge in [0.25, 0.3) is 5.91 Å². The first-order valence-corrected chi connectivity index (χ1v) is 7.77. The van der Waals surface area contributed by atoms with Crippen molar-refractivity contribution in [3.63, 3.8) is 0 Å². The van der Waals surface area contributed by atoms with Gasteiger partial charge in [-0.2, -0.15) is 0 Å². The first-order chi connectivity index (χ1) is 9.56. The lowest BCUT2D eigenvalue weighted by Crippen LogP contribution is -2.19. The van der Waals surface area contributed by atoms with Crippen LogP contribution in [0.5, 0.6) is 0 Å². The maximum absolute atomic E-state index is 12.1. The summed E-state index contributed by atoms with van der Waals surface area (Å²) in [4.78, 5) is 12.1. The summed E-state index contributed by atoms with van der Waals surface area (Å²) in [6.07, 6.45) is 0. The Balaban J connectivity index is 1.96. The summed E-state index contributed by atoms with van der Waals surface area (Å²) in [5.74, 6) is -0.0347. The third kappa shape index (κ3) is 2.36. The van der Waals surface area contributed by atoms with Gasteiger partial charge in [0.1, 0.15) is 6.04 Å². The Labute approximate surface area is 134 Å². The van der Waals surface area contributed by atoms with Crippen molar-refractivity contribution in [2.24, 2.45) is 0 Å². The second kappa shape index (κ2) is 5.22. The first-order valence-electron chi connectivity index (χ1n) is 6.18. The van der Waals surface area contributed by atoms with Crippen LogP contribution in [0.2, 0.25) is 0 Å². The van der Waals surface area contributed by atoms with Gasteiger partial charge in [0, 0.05) is 25.9 Å². The van der Waals surface area contributed by atoms with E-state index in [1.165, 1.54) is 0 Å². The lowest BCUT2D eigenvalue weighted by atomic mass is 10.1. The summed E-state index contributed by atoms with van der Waals surface area (Å²) in [7, 11) is 0. The molecule has 3 nitrogen and oxygen atoms in total. The van der Waals surface area contributed by atoms with Crippen molar-refractivity contribution in [1.29, 1.82) is 0 Å².